The summed E-state index contributed by atoms with van der Waals surface area (Å²) in [5.41, 5.74) is 2.75. The number of quaternary nitrogens is 1. The molecule has 1 fully saturated rings. The molecule has 0 spiro atoms. The zero-order valence-electron chi connectivity index (χ0n) is 12.8. The Kier molecular flexibility index (Phi) is 4.76. The standard InChI is InChI=1S/C16H24N2OS/c1-16(2,3)13-7-5-12(6-8-13)15-18(10-9-17-4)14(19)11-20-15/h5-8,15,17H,9-11H2,1-4H3/p+1/t15-/m0/s1. The molecule has 2 rings (SSSR count). The Bertz CT molecular complexity index is 464. The molecule has 0 aliphatic carbocycles. The average Bonchev–Trinajstić information content (AvgIpc) is 2.77. The monoisotopic (exact) mass is 293 g/mol. The normalized spacial score (nSPS) is 19.7. The molecule has 1 aliphatic rings. The van der Waals surface area contributed by atoms with E-state index in [4.69, 9.17) is 0 Å². The highest BCUT2D eigenvalue weighted by Gasteiger charge is 2.32. The topological polar surface area (TPSA) is 36.9 Å². The summed E-state index contributed by atoms with van der Waals surface area (Å²) in [5.74, 6) is 0.872. The highest BCUT2D eigenvalue weighted by atomic mass is 32.2. The number of carbonyl (C=O) groups excluding carboxylic acids is 1. The first kappa shape index (κ1) is 15.4. The molecule has 0 radical (unpaired) electrons. The van der Waals surface area contributed by atoms with Crippen LogP contribution in [0.3, 0.4) is 0 Å². The van der Waals surface area contributed by atoms with Crippen molar-refractivity contribution in [2.45, 2.75) is 31.6 Å². The molecule has 1 amide bonds. The molecule has 2 N–H and O–H groups in total. The van der Waals surface area contributed by atoms with Crippen LogP contribution in [-0.4, -0.2) is 36.7 Å². The molecule has 0 unspecified atom stereocenters. The minimum atomic E-state index is 0.175. The van der Waals surface area contributed by atoms with Gasteiger partial charge in [0, 0.05) is 0 Å². The van der Waals surface area contributed by atoms with Crippen LogP contribution in [0.1, 0.15) is 37.3 Å². The fourth-order valence-corrected chi connectivity index (χ4v) is 3.61. The number of nitrogens with two attached hydrogens (primary N) is 1. The molecule has 4 heteroatoms. The maximum atomic E-state index is 12.0. The van der Waals surface area contributed by atoms with Gasteiger partial charge in [-0.25, -0.2) is 0 Å². The first-order chi connectivity index (χ1) is 9.43. The maximum Gasteiger partial charge on any atom is 0.234 e. The first-order valence-electron chi connectivity index (χ1n) is 7.23. The average molecular weight is 293 g/mol. The molecule has 1 aliphatic heterocycles. The molecular formula is C16H25N2OS+. The van der Waals surface area contributed by atoms with Gasteiger partial charge in [0.05, 0.1) is 25.9 Å². The van der Waals surface area contributed by atoms with Crippen LogP contribution in [0.5, 0.6) is 0 Å². The van der Waals surface area contributed by atoms with Gasteiger partial charge in [-0.05, 0) is 16.5 Å². The summed E-state index contributed by atoms with van der Waals surface area (Å²) in [6.07, 6.45) is 0. The van der Waals surface area contributed by atoms with Crippen molar-refractivity contribution in [2.75, 3.05) is 25.9 Å². The molecule has 0 bridgehead atoms. The van der Waals surface area contributed by atoms with Crippen LogP contribution < -0.4 is 5.32 Å². The van der Waals surface area contributed by atoms with E-state index in [1.165, 1.54) is 11.1 Å². The van der Waals surface area contributed by atoms with Gasteiger partial charge in [-0.15, -0.1) is 11.8 Å². The Balaban J connectivity index is 2.16. The van der Waals surface area contributed by atoms with Crippen molar-refractivity contribution in [1.82, 2.24) is 4.90 Å². The van der Waals surface area contributed by atoms with Crippen molar-refractivity contribution < 1.29 is 10.1 Å². The fourth-order valence-electron chi connectivity index (χ4n) is 2.39. The molecule has 1 aromatic rings. The summed E-state index contributed by atoms with van der Waals surface area (Å²) in [7, 11) is 2.04. The molecule has 1 aromatic carbocycles. The molecule has 3 nitrogen and oxygen atoms in total. The van der Waals surface area contributed by atoms with E-state index in [9.17, 15) is 4.79 Å². The maximum absolute atomic E-state index is 12.0. The third-order valence-electron chi connectivity index (χ3n) is 3.69. The second-order valence-electron chi connectivity index (χ2n) is 6.32. The van der Waals surface area contributed by atoms with Crippen molar-refractivity contribution >= 4 is 17.7 Å². The van der Waals surface area contributed by atoms with Crippen LogP contribution in [0, 0.1) is 0 Å². The van der Waals surface area contributed by atoms with Gasteiger partial charge in [0.25, 0.3) is 0 Å². The largest absolute Gasteiger partial charge is 0.347 e. The number of hydrogen-bond donors (Lipinski definition) is 1. The number of benzene rings is 1. The van der Waals surface area contributed by atoms with Crippen LogP contribution in [-0.2, 0) is 10.2 Å². The minimum absolute atomic E-state index is 0.175. The third-order valence-corrected chi connectivity index (χ3v) is 4.94. The van der Waals surface area contributed by atoms with E-state index in [1.54, 1.807) is 11.8 Å². The van der Waals surface area contributed by atoms with Gasteiger partial charge < -0.3 is 10.2 Å². The summed E-state index contributed by atoms with van der Waals surface area (Å²) in [6.45, 7) is 8.45. The highest BCUT2D eigenvalue weighted by Crippen LogP contribution is 2.38. The van der Waals surface area contributed by atoms with E-state index in [-0.39, 0.29) is 16.7 Å². The zero-order valence-corrected chi connectivity index (χ0v) is 13.7. The molecule has 1 atom stereocenters. The number of likely N-dealkylation sites (N-methyl/N-ethyl adjacent to an activating group) is 1. The van der Waals surface area contributed by atoms with E-state index in [1.807, 2.05) is 11.9 Å². The van der Waals surface area contributed by atoms with Crippen molar-refractivity contribution in [3.8, 4) is 0 Å². The van der Waals surface area contributed by atoms with Crippen LogP contribution in [0.25, 0.3) is 0 Å². The van der Waals surface area contributed by atoms with Gasteiger partial charge >= 0.3 is 0 Å². The summed E-state index contributed by atoms with van der Waals surface area (Å²) in [6, 6.07) is 8.75. The molecule has 20 heavy (non-hydrogen) atoms. The van der Waals surface area contributed by atoms with Crippen LogP contribution >= 0.6 is 11.8 Å². The lowest BCUT2D eigenvalue weighted by Gasteiger charge is -2.24. The van der Waals surface area contributed by atoms with Gasteiger partial charge in [0.15, 0.2) is 0 Å². The van der Waals surface area contributed by atoms with Gasteiger partial charge in [0.2, 0.25) is 5.91 Å². The first-order valence-corrected chi connectivity index (χ1v) is 8.27. The number of thioether (sulfide) groups is 1. The Labute approximate surface area is 126 Å². The number of rotatable bonds is 4. The van der Waals surface area contributed by atoms with Crippen LogP contribution in [0.4, 0.5) is 0 Å². The Morgan fingerprint density at radius 3 is 2.50 bits per heavy atom. The molecule has 110 valence electrons. The predicted molar refractivity (Wildman–Crippen MR) is 84.8 cm³/mol. The van der Waals surface area contributed by atoms with Crippen LogP contribution in [0.2, 0.25) is 0 Å². The lowest BCUT2D eigenvalue weighted by atomic mass is 9.87. The van der Waals surface area contributed by atoms with Crippen LogP contribution in [0.15, 0.2) is 24.3 Å². The lowest BCUT2D eigenvalue weighted by molar-refractivity contribution is -0.626. The van der Waals surface area contributed by atoms with Gasteiger partial charge in [0.1, 0.15) is 5.37 Å². The lowest BCUT2D eigenvalue weighted by Crippen LogP contribution is -2.81. The number of nitrogens with zero attached hydrogens (tertiary/aromatic N) is 1. The van der Waals surface area contributed by atoms with E-state index < -0.39 is 0 Å². The predicted octanol–water partition coefficient (Wildman–Crippen LogP) is 1.75. The molecule has 0 aromatic heterocycles. The summed E-state index contributed by atoms with van der Waals surface area (Å²) in [5, 5.41) is 2.31. The summed E-state index contributed by atoms with van der Waals surface area (Å²) < 4.78 is 0. The summed E-state index contributed by atoms with van der Waals surface area (Å²) in [4.78, 5) is 14.0. The zero-order chi connectivity index (χ0) is 14.8. The number of amides is 1. The third kappa shape index (κ3) is 3.36. The molecule has 1 heterocycles. The van der Waals surface area contributed by atoms with E-state index in [2.05, 4.69) is 50.4 Å². The van der Waals surface area contributed by atoms with Gasteiger partial charge in [-0.2, -0.15) is 0 Å². The minimum Gasteiger partial charge on any atom is -0.347 e. The Morgan fingerprint density at radius 1 is 1.30 bits per heavy atom. The van der Waals surface area contributed by atoms with Crippen molar-refractivity contribution in [2.24, 2.45) is 0 Å². The second kappa shape index (κ2) is 6.19. The Hall–Kier alpha value is -1.00. The van der Waals surface area contributed by atoms with E-state index in [0.717, 1.165) is 13.1 Å². The summed E-state index contributed by atoms with van der Waals surface area (Å²) >= 11 is 1.74. The second-order valence-corrected chi connectivity index (χ2v) is 7.39. The van der Waals surface area contributed by atoms with Gasteiger partial charge in [-0.1, -0.05) is 45.0 Å². The highest BCUT2D eigenvalue weighted by molar-refractivity contribution is 8.00. The van der Waals surface area contributed by atoms with Crippen molar-refractivity contribution in [1.29, 1.82) is 0 Å². The smallest absolute Gasteiger partial charge is 0.234 e. The van der Waals surface area contributed by atoms with E-state index in [0.29, 0.717) is 5.75 Å². The fraction of sp³-hybridized carbons (Fsp3) is 0.562. The quantitative estimate of drug-likeness (QED) is 0.918. The number of carbonyl (C=O) groups is 1. The van der Waals surface area contributed by atoms with Crippen molar-refractivity contribution in [3.05, 3.63) is 35.4 Å². The van der Waals surface area contributed by atoms with Crippen molar-refractivity contribution in [3.63, 3.8) is 0 Å². The number of hydrogen-bond acceptors (Lipinski definition) is 2. The SMILES string of the molecule is C[NH2+]CCN1C(=O)CS[C@H]1c1ccc(C(C)(C)C)cc1. The molecule has 0 saturated carbocycles. The molecular weight excluding hydrogens is 268 g/mol. The Morgan fingerprint density at radius 2 is 1.95 bits per heavy atom. The van der Waals surface area contributed by atoms with Gasteiger partial charge in [-0.3, -0.25) is 4.79 Å². The van der Waals surface area contributed by atoms with E-state index >= 15 is 0 Å². The molecule has 1 saturated heterocycles.